The highest BCUT2D eigenvalue weighted by Gasteiger charge is 2.02. The summed E-state index contributed by atoms with van der Waals surface area (Å²) in [5, 5.41) is 21.1. The predicted molar refractivity (Wildman–Crippen MR) is 96.9 cm³/mol. The maximum absolute atomic E-state index is 10.8. The van der Waals surface area contributed by atoms with Gasteiger partial charge in [0.05, 0.1) is 6.10 Å². The van der Waals surface area contributed by atoms with E-state index < -0.39 is 6.10 Å². The van der Waals surface area contributed by atoms with E-state index in [0.29, 0.717) is 0 Å². The molecule has 0 fully saturated rings. The predicted octanol–water partition coefficient (Wildman–Crippen LogP) is 5.65. The molecule has 0 aromatic heterocycles. The first-order valence-electron chi connectivity index (χ1n) is 9.73. The molecule has 0 aromatic rings. The molecular weight excluding hydrogens is 274 g/mol. The lowest BCUT2D eigenvalue weighted by atomic mass is 10.0. The molecule has 1 N–H and O–H groups in total. The zero-order valence-corrected chi connectivity index (χ0v) is 15.2. The lowest BCUT2D eigenvalue weighted by Crippen LogP contribution is -2.24. The molecule has 0 bridgehead atoms. The van der Waals surface area contributed by atoms with Gasteiger partial charge < -0.3 is 15.4 Å². The molecule has 0 heterocycles. The molecule has 1 atom stereocenters. The van der Waals surface area contributed by atoms with Gasteiger partial charge in [0.25, 0.3) is 0 Å². The van der Waals surface area contributed by atoms with Crippen LogP contribution in [0.3, 0.4) is 0 Å². The number of hydroxylamine groups is 2. The van der Waals surface area contributed by atoms with Crippen LogP contribution in [0.4, 0.5) is 0 Å². The molecule has 3 heteroatoms. The van der Waals surface area contributed by atoms with Gasteiger partial charge in [-0.05, 0) is 13.5 Å². The van der Waals surface area contributed by atoms with Gasteiger partial charge in [-0.15, -0.1) is 0 Å². The topological polar surface area (TPSA) is 46.5 Å². The van der Waals surface area contributed by atoms with E-state index in [1.807, 2.05) is 0 Å². The Labute approximate surface area is 139 Å². The van der Waals surface area contributed by atoms with Gasteiger partial charge in [0.15, 0.2) is 0 Å². The third kappa shape index (κ3) is 17.9. The quantitative estimate of drug-likeness (QED) is 0.279. The van der Waals surface area contributed by atoms with Gasteiger partial charge in [0.2, 0.25) is 0 Å². The van der Waals surface area contributed by atoms with Crippen LogP contribution in [0.5, 0.6) is 0 Å². The Balaban J connectivity index is 3.05. The molecule has 0 aliphatic rings. The number of hydrogen-bond acceptors (Lipinski definition) is 3. The average molecular weight is 315 g/mol. The molecule has 3 nitrogen and oxygen atoms in total. The molecule has 0 saturated carbocycles. The second kappa shape index (κ2) is 17.2. The van der Waals surface area contributed by atoms with E-state index in [1.54, 1.807) is 0 Å². The summed E-state index contributed by atoms with van der Waals surface area (Å²) in [5.41, 5.74) is 0. The zero-order chi connectivity index (χ0) is 16.5. The van der Waals surface area contributed by atoms with Gasteiger partial charge in [0.1, 0.15) is 0 Å². The van der Waals surface area contributed by atoms with Crippen LogP contribution in [0.15, 0.2) is 0 Å². The summed E-state index contributed by atoms with van der Waals surface area (Å²) in [5.74, 6) is 0. The molecule has 22 heavy (non-hydrogen) atoms. The number of aliphatic hydroxyl groups excluding tert-OH is 1. The average Bonchev–Trinajstić information content (AvgIpc) is 2.47. The Morgan fingerprint density at radius 3 is 1.45 bits per heavy atom. The van der Waals surface area contributed by atoms with Gasteiger partial charge in [-0.3, -0.25) is 0 Å². The summed E-state index contributed by atoms with van der Waals surface area (Å²) < 4.78 is 0. The first kappa shape index (κ1) is 21.9. The lowest BCUT2D eigenvalue weighted by Gasteiger charge is -2.25. The smallest absolute Gasteiger partial charge is 0.0657 e. The lowest BCUT2D eigenvalue weighted by molar-refractivity contribution is 0.132. The van der Waals surface area contributed by atoms with Crippen LogP contribution in [0.2, 0.25) is 0 Å². The molecular formula is C19H40NO2-. The molecule has 0 aliphatic heterocycles. The molecule has 0 amide bonds. The van der Waals surface area contributed by atoms with E-state index in [1.165, 1.54) is 90.5 Å². The van der Waals surface area contributed by atoms with Crippen LogP contribution in [-0.4, -0.2) is 29.9 Å². The fourth-order valence-electron chi connectivity index (χ4n) is 2.96. The number of hydrogen-bond donors (Lipinski definition) is 1. The summed E-state index contributed by atoms with van der Waals surface area (Å²) >= 11 is 0. The normalized spacial score (nSPS) is 13.0. The largest absolute Gasteiger partial charge is 0.785 e. The van der Waals surface area contributed by atoms with E-state index >= 15 is 0 Å². The second-order valence-electron chi connectivity index (χ2n) is 6.85. The van der Waals surface area contributed by atoms with Crippen molar-refractivity contribution in [3.8, 4) is 0 Å². The highest BCUT2D eigenvalue weighted by Crippen LogP contribution is 2.13. The maximum Gasteiger partial charge on any atom is 0.0657 e. The van der Waals surface area contributed by atoms with Crippen molar-refractivity contribution in [2.24, 2.45) is 0 Å². The monoisotopic (exact) mass is 314 g/mol. The molecule has 0 rings (SSSR count). The number of rotatable bonds is 17. The second-order valence-corrected chi connectivity index (χ2v) is 6.85. The highest BCUT2D eigenvalue weighted by atomic mass is 16.5. The molecule has 1 unspecified atom stereocenters. The Kier molecular flexibility index (Phi) is 17.1. The van der Waals surface area contributed by atoms with Crippen molar-refractivity contribution in [2.75, 3.05) is 13.6 Å². The van der Waals surface area contributed by atoms with E-state index in [0.717, 1.165) is 17.9 Å². The minimum atomic E-state index is -0.445. The summed E-state index contributed by atoms with van der Waals surface area (Å²) in [7, 11) is 1.47. The maximum atomic E-state index is 10.8. The number of nitrogens with zero attached hydrogens (tertiary/aromatic N) is 1. The van der Waals surface area contributed by atoms with Gasteiger partial charge in [-0.25, -0.2) is 0 Å². The molecule has 0 aromatic carbocycles. The molecule has 0 saturated heterocycles. The number of aliphatic hydroxyl groups is 1. The van der Waals surface area contributed by atoms with Crippen molar-refractivity contribution in [3.05, 3.63) is 5.21 Å². The molecule has 0 aliphatic carbocycles. The Morgan fingerprint density at radius 2 is 1.09 bits per heavy atom. The first-order valence-corrected chi connectivity index (χ1v) is 9.73. The van der Waals surface area contributed by atoms with Crippen molar-refractivity contribution < 1.29 is 5.11 Å². The van der Waals surface area contributed by atoms with E-state index in [4.69, 9.17) is 0 Å². The fraction of sp³-hybridized carbons (Fsp3) is 1.00. The van der Waals surface area contributed by atoms with E-state index in [-0.39, 0.29) is 6.54 Å². The minimum Gasteiger partial charge on any atom is -0.785 e. The van der Waals surface area contributed by atoms with Gasteiger partial charge in [-0.1, -0.05) is 96.8 Å². The highest BCUT2D eigenvalue weighted by molar-refractivity contribution is 4.61. The first-order chi connectivity index (χ1) is 10.7. The number of likely N-dealkylation sites (N-methyl/N-ethyl adjacent to an activating group) is 1. The summed E-state index contributed by atoms with van der Waals surface area (Å²) in [6.07, 6.45) is 19.2. The Hall–Kier alpha value is -0.120. The fourth-order valence-corrected chi connectivity index (χ4v) is 2.96. The third-order valence-corrected chi connectivity index (χ3v) is 4.36. The van der Waals surface area contributed by atoms with Crippen molar-refractivity contribution in [1.82, 2.24) is 5.06 Å². The van der Waals surface area contributed by atoms with Crippen LogP contribution < -0.4 is 0 Å². The van der Waals surface area contributed by atoms with Crippen molar-refractivity contribution in [2.45, 2.75) is 109 Å². The van der Waals surface area contributed by atoms with E-state index in [9.17, 15) is 10.3 Å². The SMILES string of the molecule is CCCCCCCCCCCCCCCCC(O)CN(C)[O-]. The van der Waals surface area contributed by atoms with Gasteiger partial charge in [-0.2, -0.15) is 0 Å². The van der Waals surface area contributed by atoms with Crippen LogP contribution in [0, 0.1) is 5.21 Å². The minimum absolute atomic E-state index is 0.248. The van der Waals surface area contributed by atoms with Crippen LogP contribution >= 0.6 is 0 Å². The van der Waals surface area contributed by atoms with Crippen LogP contribution in [0.25, 0.3) is 0 Å². The zero-order valence-electron chi connectivity index (χ0n) is 15.2. The standard InChI is InChI=1S/C19H40NO2/c1-3-4-5-6-7-8-9-10-11-12-13-14-15-16-17-19(21)18-20(2)22/h19,21H,3-18H2,1-2H3/q-1. The van der Waals surface area contributed by atoms with Crippen LogP contribution in [0.1, 0.15) is 103 Å². The van der Waals surface area contributed by atoms with Crippen molar-refractivity contribution in [3.63, 3.8) is 0 Å². The van der Waals surface area contributed by atoms with Gasteiger partial charge in [0, 0.05) is 6.54 Å². The summed E-state index contributed by atoms with van der Waals surface area (Å²) in [6, 6.07) is 0. The number of unbranched alkanes of at least 4 members (excludes halogenated alkanes) is 13. The molecule has 0 radical (unpaired) electrons. The Bertz CT molecular complexity index is 210. The summed E-state index contributed by atoms with van der Waals surface area (Å²) in [4.78, 5) is 0. The van der Waals surface area contributed by atoms with Crippen molar-refractivity contribution >= 4 is 0 Å². The Morgan fingerprint density at radius 1 is 0.727 bits per heavy atom. The summed E-state index contributed by atoms with van der Waals surface area (Å²) in [6.45, 7) is 2.52. The van der Waals surface area contributed by atoms with Gasteiger partial charge >= 0.3 is 0 Å². The van der Waals surface area contributed by atoms with E-state index in [2.05, 4.69) is 6.92 Å². The van der Waals surface area contributed by atoms with Crippen LogP contribution in [-0.2, 0) is 0 Å². The molecule has 0 spiro atoms. The third-order valence-electron chi connectivity index (χ3n) is 4.36. The molecule has 134 valence electrons. The van der Waals surface area contributed by atoms with Crippen molar-refractivity contribution in [1.29, 1.82) is 0 Å².